The van der Waals surface area contributed by atoms with Gasteiger partial charge in [0.25, 0.3) is 5.91 Å². The predicted molar refractivity (Wildman–Crippen MR) is 75.2 cm³/mol. The van der Waals surface area contributed by atoms with Gasteiger partial charge in [-0.05, 0) is 0 Å². The van der Waals surface area contributed by atoms with Crippen molar-refractivity contribution < 1.29 is 42.9 Å². The molecular weight excluding hydrogens is 326 g/mol. The van der Waals surface area contributed by atoms with E-state index in [1.807, 2.05) is 0 Å². The van der Waals surface area contributed by atoms with Crippen molar-refractivity contribution in [3.8, 4) is 0 Å². The van der Waals surface area contributed by atoms with E-state index in [4.69, 9.17) is 18.9 Å². The van der Waals surface area contributed by atoms with Crippen LogP contribution in [-0.2, 0) is 42.9 Å². The molecule has 4 atom stereocenters. The quantitative estimate of drug-likeness (QED) is 0.483. The molecule has 1 aliphatic rings. The fourth-order valence-corrected chi connectivity index (χ4v) is 2.20. The van der Waals surface area contributed by atoms with E-state index in [1.165, 1.54) is 0 Å². The van der Waals surface area contributed by atoms with E-state index < -0.39 is 54.1 Å². The Bertz CT molecular complexity index is 544. The molecule has 1 N–H and O–H groups in total. The summed E-state index contributed by atoms with van der Waals surface area (Å²) in [6.07, 6.45) is -4.07. The first kappa shape index (κ1) is 19.4. The molecule has 0 unspecified atom stereocenters. The number of esters is 4. The van der Waals surface area contributed by atoms with Crippen LogP contribution in [0.3, 0.4) is 0 Å². The molecule has 1 amide bonds. The number of carbonyl (C=O) groups excluding carboxylic acids is 5. The monoisotopic (exact) mass is 345 g/mol. The van der Waals surface area contributed by atoms with Crippen molar-refractivity contribution in [1.29, 1.82) is 0 Å². The van der Waals surface area contributed by atoms with Crippen molar-refractivity contribution in [1.82, 2.24) is 5.32 Å². The molecule has 1 rings (SSSR count). The molecule has 1 heterocycles. The van der Waals surface area contributed by atoms with Gasteiger partial charge in [-0.3, -0.25) is 24.0 Å². The summed E-state index contributed by atoms with van der Waals surface area (Å²) in [5.74, 6) is -3.65. The number of amides is 1. The third kappa shape index (κ3) is 5.52. The van der Waals surface area contributed by atoms with Crippen LogP contribution in [0, 0.1) is 0 Å². The fourth-order valence-electron chi connectivity index (χ4n) is 2.20. The molecule has 1 fully saturated rings. The van der Waals surface area contributed by atoms with Crippen molar-refractivity contribution >= 4 is 29.8 Å². The van der Waals surface area contributed by atoms with Crippen molar-refractivity contribution in [2.24, 2.45) is 0 Å². The average Bonchev–Trinajstić information content (AvgIpc) is 2.42. The Hall–Kier alpha value is -2.65. The second kappa shape index (κ2) is 8.27. The van der Waals surface area contributed by atoms with Crippen LogP contribution in [-0.4, -0.2) is 60.7 Å². The minimum Gasteiger partial charge on any atom is -0.464 e. The lowest BCUT2D eigenvalue weighted by atomic mass is 9.95. The number of hydrogen-bond donors (Lipinski definition) is 1. The number of piperidine rings is 1. The lowest BCUT2D eigenvalue weighted by molar-refractivity contribution is -0.197. The second-order valence-corrected chi connectivity index (χ2v) is 5.10. The van der Waals surface area contributed by atoms with Gasteiger partial charge in [0.05, 0.1) is 0 Å². The third-order valence-electron chi connectivity index (χ3n) is 2.97. The van der Waals surface area contributed by atoms with E-state index in [9.17, 15) is 24.0 Å². The standard InChI is InChI=1S/C14H19NO9/c1-6(16)21-5-10-11(22-7(2)17)12(23-8(3)18)13(14(20)15-10)24-9(4)19/h10-13H,5H2,1-4H3,(H,15,20)/t10-,11-,12+,13-/m1/s1. The summed E-state index contributed by atoms with van der Waals surface area (Å²) < 4.78 is 19.8. The minimum atomic E-state index is -1.50. The lowest BCUT2D eigenvalue weighted by Gasteiger charge is -2.40. The van der Waals surface area contributed by atoms with Crippen molar-refractivity contribution in [3.63, 3.8) is 0 Å². The Morgan fingerprint density at radius 2 is 1.33 bits per heavy atom. The van der Waals surface area contributed by atoms with Gasteiger partial charge in [-0.25, -0.2) is 0 Å². The SMILES string of the molecule is CC(=O)OC[C@H]1NC(=O)[C@H](OC(C)=O)[C@@H](OC(C)=O)[C@@H]1OC(C)=O. The zero-order chi connectivity index (χ0) is 18.4. The molecule has 134 valence electrons. The van der Waals surface area contributed by atoms with E-state index in [0.29, 0.717) is 0 Å². The molecular formula is C14H19NO9. The summed E-state index contributed by atoms with van der Waals surface area (Å²) in [6.45, 7) is 4.12. The largest absolute Gasteiger partial charge is 0.464 e. The number of rotatable bonds is 5. The lowest BCUT2D eigenvalue weighted by Crippen LogP contribution is -2.66. The van der Waals surface area contributed by atoms with Crippen LogP contribution in [0.4, 0.5) is 0 Å². The summed E-state index contributed by atoms with van der Waals surface area (Å²) in [5.41, 5.74) is 0. The van der Waals surface area contributed by atoms with Crippen molar-refractivity contribution in [3.05, 3.63) is 0 Å². The first-order valence-corrected chi connectivity index (χ1v) is 7.07. The predicted octanol–water partition coefficient (Wildman–Crippen LogP) is -1.16. The summed E-state index contributed by atoms with van der Waals surface area (Å²) >= 11 is 0. The molecule has 0 radical (unpaired) electrons. The van der Waals surface area contributed by atoms with Gasteiger partial charge in [-0.15, -0.1) is 0 Å². The summed E-state index contributed by atoms with van der Waals surface area (Å²) in [7, 11) is 0. The summed E-state index contributed by atoms with van der Waals surface area (Å²) in [6, 6.07) is -0.971. The van der Waals surface area contributed by atoms with Crippen LogP contribution in [0.2, 0.25) is 0 Å². The van der Waals surface area contributed by atoms with E-state index in [1.54, 1.807) is 0 Å². The van der Waals surface area contributed by atoms with Gasteiger partial charge in [-0.1, -0.05) is 0 Å². The first-order chi connectivity index (χ1) is 11.1. The molecule has 0 spiro atoms. The van der Waals surface area contributed by atoms with Gasteiger partial charge in [0.15, 0.2) is 12.2 Å². The Kier molecular flexibility index (Phi) is 6.69. The molecule has 10 heteroatoms. The van der Waals surface area contributed by atoms with E-state index in [0.717, 1.165) is 27.7 Å². The average molecular weight is 345 g/mol. The highest BCUT2D eigenvalue weighted by molar-refractivity contribution is 5.86. The zero-order valence-electron chi connectivity index (χ0n) is 13.7. The smallest absolute Gasteiger partial charge is 0.303 e. The Morgan fingerprint density at radius 3 is 1.79 bits per heavy atom. The van der Waals surface area contributed by atoms with Crippen LogP contribution in [0.25, 0.3) is 0 Å². The number of hydrogen-bond acceptors (Lipinski definition) is 9. The maximum absolute atomic E-state index is 12.1. The highest BCUT2D eigenvalue weighted by Gasteiger charge is 2.50. The molecule has 0 aromatic carbocycles. The third-order valence-corrected chi connectivity index (χ3v) is 2.97. The van der Waals surface area contributed by atoms with Crippen molar-refractivity contribution in [2.45, 2.75) is 52.0 Å². The molecule has 0 aromatic rings. The highest BCUT2D eigenvalue weighted by atomic mass is 16.6. The number of ether oxygens (including phenoxy) is 4. The maximum atomic E-state index is 12.1. The highest BCUT2D eigenvalue weighted by Crippen LogP contribution is 2.22. The van der Waals surface area contributed by atoms with Crippen LogP contribution in [0.5, 0.6) is 0 Å². The molecule has 0 aliphatic carbocycles. The summed E-state index contributed by atoms with van der Waals surface area (Å²) in [5, 5.41) is 2.42. The fraction of sp³-hybridized carbons (Fsp3) is 0.643. The van der Waals surface area contributed by atoms with Crippen LogP contribution < -0.4 is 5.32 Å². The van der Waals surface area contributed by atoms with Crippen LogP contribution in [0.15, 0.2) is 0 Å². The number of carbonyl (C=O) groups is 5. The molecule has 0 bridgehead atoms. The maximum Gasteiger partial charge on any atom is 0.303 e. The van der Waals surface area contributed by atoms with Crippen molar-refractivity contribution in [2.75, 3.05) is 6.61 Å². The number of nitrogens with one attached hydrogen (secondary N) is 1. The van der Waals surface area contributed by atoms with Gasteiger partial charge < -0.3 is 24.3 Å². The second-order valence-electron chi connectivity index (χ2n) is 5.10. The van der Waals surface area contributed by atoms with Gasteiger partial charge >= 0.3 is 23.9 Å². The normalized spacial score (nSPS) is 25.9. The molecule has 0 saturated carbocycles. The van der Waals surface area contributed by atoms with Gasteiger partial charge in [0.1, 0.15) is 12.6 Å². The van der Waals surface area contributed by atoms with E-state index in [2.05, 4.69) is 5.32 Å². The van der Waals surface area contributed by atoms with Gasteiger partial charge in [0.2, 0.25) is 6.10 Å². The molecule has 24 heavy (non-hydrogen) atoms. The topological polar surface area (TPSA) is 134 Å². The molecule has 1 aliphatic heterocycles. The summed E-state index contributed by atoms with van der Waals surface area (Å²) in [4.78, 5) is 57.0. The van der Waals surface area contributed by atoms with E-state index in [-0.39, 0.29) is 6.61 Å². The molecule has 0 aromatic heterocycles. The van der Waals surface area contributed by atoms with Gasteiger partial charge in [0, 0.05) is 27.7 Å². The molecule has 1 saturated heterocycles. The zero-order valence-corrected chi connectivity index (χ0v) is 13.7. The first-order valence-electron chi connectivity index (χ1n) is 7.07. The Labute approximate surface area is 137 Å². The van der Waals surface area contributed by atoms with Gasteiger partial charge in [-0.2, -0.15) is 0 Å². The van der Waals surface area contributed by atoms with Crippen LogP contribution in [0.1, 0.15) is 27.7 Å². The molecule has 10 nitrogen and oxygen atoms in total. The Morgan fingerprint density at radius 1 is 0.833 bits per heavy atom. The van der Waals surface area contributed by atoms with Crippen LogP contribution >= 0.6 is 0 Å². The minimum absolute atomic E-state index is 0.316. The Balaban J connectivity index is 3.13. The van der Waals surface area contributed by atoms with E-state index >= 15 is 0 Å².